The standard InChI is InChI=1S/C16H38NO8P3/c1-15(2)17(16(3)4)26(24-11-9-13-27(18,20-5)21-6)25-12-10-14-28(19,22-7)23-8/h15-16H,9-14H2,1-8H3. The number of nitrogens with zero attached hydrogens (tertiary/aromatic N) is 1. The third-order valence-corrected chi connectivity index (χ3v) is 9.98. The lowest BCUT2D eigenvalue weighted by molar-refractivity contribution is 0.172. The molecule has 0 saturated heterocycles. The van der Waals surface area contributed by atoms with Crippen molar-refractivity contribution in [3.8, 4) is 0 Å². The molecule has 0 aromatic carbocycles. The minimum atomic E-state index is -3.04. The van der Waals surface area contributed by atoms with E-state index in [1.54, 1.807) is 0 Å². The van der Waals surface area contributed by atoms with Gasteiger partial charge in [0.05, 0.1) is 25.5 Å². The first-order valence-corrected chi connectivity index (χ1v) is 13.9. The van der Waals surface area contributed by atoms with Crippen LogP contribution in [0.15, 0.2) is 0 Å². The van der Waals surface area contributed by atoms with Crippen LogP contribution in [0.5, 0.6) is 0 Å². The quantitative estimate of drug-likeness (QED) is 0.214. The van der Waals surface area contributed by atoms with E-state index in [1.165, 1.54) is 28.4 Å². The molecule has 0 aliphatic heterocycles. The van der Waals surface area contributed by atoms with E-state index in [2.05, 4.69) is 32.4 Å². The van der Waals surface area contributed by atoms with Gasteiger partial charge >= 0.3 is 15.2 Å². The Balaban J connectivity index is 4.76. The van der Waals surface area contributed by atoms with E-state index in [0.29, 0.717) is 26.1 Å². The van der Waals surface area contributed by atoms with Gasteiger partial charge in [0.25, 0.3) is 8.53 Å². The summed E-state index contributed by atoms with van der Waals surface area (Å²) in [5, 5.41) is 0. The summed E-state index contributed by atoms with van der Waals surface area (Å²) in [7, 11) is -1.91. The molecule has 28 heavy (non-hydrogen) atoms. The average Bonchev–Trinajstić information content (AvgIpc) is 2.67. The fourth-order valence-corrected chi connectivity index (χ4v) is 6.19. The Bertz CT molecular complexity index is 448. The SMILES string of the molecule is COP(=O)(CCCOP(OCCCP(=O)(OC)OC)N(C(C)C)C(C)C)OC. The molecule has 0 unspecified atom stereocenters. The molecule has 170 valence electrons. The van der Waals surface area contributed by atoms with E-state index < -0.39 is 23.7 Å². The fraction of sp³-hybridized carbons (Fsp3) is 1.00. The van der Waals surface area contributed by atoms with Crippen LogP contribution in [0.1, 0.15) is 40.5 Å². The summed E-state index contributed by atoms with van der Waals surface area (Å²) in [6.07, 6.45) is 1.59. The second-order valence-electron chi connectivity index (χ2n) is 6.58. The Labute approximate surface area is 171 Å². The van der Waals surface area contributed by atoms with Gasteiger partial charge in [-0.1, -0.05) is 0 Å². The van der Waals surface area contributed by atoms with Crippen molar-refractivity contribution >= 4 is 23.7 Å². The van der Waals surface area contributed by atoms with Crippen LogP contribution in [0.25, 0.3) is 0 Å². The number of hydrogen-bond donors (Lipinski definition) is 0. The molecular formula is C16H38NO8P3. The molecule has 0 aliphatic carbocycles. The summed E-state index contributed by atoms with van der Waals surface area (Å²) in [5.74, 6) is 0. The molecule has 0 aromatic heterocycles. The topological polar surface area (TPSA) is 92.8 Å². The molecule has 12 heteroatoms. The van der Waals surface area contributed by atoms with Crippen LogP contribution in [-0.2, 0) is 36.3 Å². The van der Waals surface area contributed by atoms with Gasteiger partial charge in [-0.05, 0) is 40.5 Å². The van der Waals surface area contributed by atoms with Crippen LogP contribution in [0.2, 0.25) is 0 Å². The van der Waals surface area contributed by atoms with Crippen LogP contribution >= 0.6 is 23.7 Å². The molecule has 0 bridgehead atoms. The smallest absolute Gasteiger partial charge is 0.322 e. The van der Waals surface area contributed by atoms with Crippen molar-refractivity contribution in [2.75, 3.05) is 54.0 Å². The van der Waals surface area contributed by atoms with Crippen LogP contribution in [0.3, 0.4) is 0 Å². The maximum Gasteiger partial charge on any atom is 0.330 e. The molecule has 0 radical (unpaired) electrons. The Kier molecular flexibility index (Phi) is 14.9. The fourth-order valence-electron chi connectivity index (χ4n) is 2.46. The Morgan fingerprint density at radius 3 is 1.29 bits per heavy atom. The Hall–Kier alpha value is 0.610. The van der Waals surface area contributed by atoms with Crippen LogP contribution < -0.4 is 0 Å². The lowest BCUT2D eigenvalue weighted by Gasteiger charge is -2.35. The van der Waals surface area contributed by atoms with Gasteiger partial charge in [-0.15, -0.1) is 0 Å². The zero-order chi connectivity index (χ0) is 21.8. The molecule has 0 saturated carbocycles. The summed E-state index contributed by atoms with van der Waals surface area (Å²) in [5.41, 5.74) is 0. The first-order chi connectivity index (χ1) is 13.1. The van der Waals surface area contributed by atoms with Crippen molar-refractivity contribution < 1.29 is 36.3 Å². The second-order valence-corrected chi connectivity index (χ2v) is 12.8. The van der Waals surface area contributed by atoms with E-state index in [1.807, 2.05) is 0 Å². The maximum absolute atomic E-state index is 12.1. The van der Waals surface area contributed by atoms with Gasteiger partial charge in [0.1, 0.15) is 0 Å². The normalized spacial score (nSPS) is 13.4. The highest BCUT2D eigenvalue weighted by Crippen LogP contribution is 2.50. The monoisotopic (exact) mass is 465 g/mol. The highest BCUT2D eigenvalue weighted by Gasteiger charge is 2.28. The average molecular weight is 465 g/mol. The Morgan fingerprint density at radius 2 is 1.04 bits per heavy atom. The summed E-state index contributed by atoms with van der Waals surface area (Å²) >= 11 is 0. The first kappa shape index (κ1) is 28.6. The third-order valence-electron chi connectivity index (χ3n) is 3.92. The van der Waals surface area contributed by atoms with E-state index >= 15 is 0 Å². The molecule has 0 amide bonds. The molecule has 0 spiro atoms. The summed E-state index contributed by atoms with van der Waals surface area (Å²) in [6.45, 7) is 9.05. The minimum absolute atomic E-state index is 0.221. The number of rotatable bonds is 17. The van der Waals surface area contributed by atoms with Crippen LogP contribution in [0, 0.1) is 0 Å². The van der Waals surface area contributed by atoms with Gasteiger partial charge in [-0.2, -0.15) is 0 Å². The van der Waals surface area contributed by atoms with Crippen LogP contribution in [-0.4, -0.2) is 70.7 Å². The summed E-state index contributed by atoms with van der Waals surface area (Å²) in [6, 6.07) is 0.443. The molecule has 0 heterocycles. The highest BCUT2D eigenvalue weighted by molar-refractivity contribution is 7.54. The minimum Gasteiger partial charge on any atom is -0.322 e. The van der Waals surface area contributed by atoms with Crippen molar-refractivity contribution in [2.45, 2.75) is 52.6 Å². The molecule has 9 nitrogen and oxygen atoms in total. The van der Waals surface area contributed by atoms with Crippen molar-refractivity contribution in [3.63, 3.8) is 0 Å². The maximum atomic E-state index is 12.1. The number of hydrogen-bond acceptors (Lipinski definition) is 9. The van der Waals surface area contributed by atoms with Gasteiger partial charge < -0.3 is 27.1 Å². The molecule has 0 aromatic rings. The third kappa shape index (κ3) is 10.6. The predicted octanol–water partition coefficient (Wildman–Crippen LogP) is 5.12. The molecular weight excluding hydrogens is 427 g/mol. The first-order valence-electron chi connectivity index (χ1n) is 9.33. The van der Waals surface area contributed by atoms with E-state index in [4.69, 9.17) is 27.1 Å². The van der Waals surface area contributed by atoms with Crippen molar-refractivity contribution in [1.82, 2.24) is 4.67 Å². The van der Waals surface area contributed by atoms with Gasteiger partial charge in [0.15, 0.2) is 0 Å². The van der Waals surface area contributed by atoms with Crippen molar-refractivity contribution in [1.29, 1.82) is 0 Å². The molecule has 0 aliphatic rings. The van der Waals surface area contributed by atoms with Gasteiger partial charge in [0, 0.05) is 40.5 Å². The van der Waals surface area contributed by atoms with Crippen LogP contribution in [0.4, 0.5) is 0 Å². The lowest BCUT2D eigenvalue weighted by Crippen LogP contribution is -2.33. The molecule has 0 fully saturated rings. The van der Waals surface area contributed by atoms with E-state index in [9.17, 15) is 9.13 Å². The zero-order valence-corrected chi connectivity index (χ0v) is 21.1. The van der Waals surface area contributed by atoms with E-state index in [-0.39, 0.29) is 24.4 Å². The highest BCUT2D eigenvalue weighted by atomic mass is 31.2. The predicted molar refractivity (Wildman–Crippen MR) is 113 cm³/mol. The second kappa shape index (κ2) is 14.6. The summed E-state index contributed by atoms with van der Waals surface area (Å²) < 4.78 is 58.2. The lowest BCUT2D eigenvalue weighted by atomic mass is 10.3. The van der Waals surface area contributed by atoms with Gasteiger partial charge in [-0.25, -0.2) is 4.67 Å². The van der Waals surface area contributed by atoms with Crippen molar-refractivity contribution in [2.24, 2.45) is 0 Å². The molecule has 0 atom stereocenters. The largest absolute Gasteiger partial charge is 0.330 e. The van der Waals surface area contributed by atoms with Gasteiger partial charge in [0.2, 0.25) is 0 Å². The molecule has 0 N–H and O–H groups in total. The Morgan fingerprint density at radius 1 is 0.714 bits per heavy atom. The summed E-state index contributed by atoms with van der Waals surface area (Å²) in [4.78, 5) is 0. The van der Waals surface area contributed by atoms with E-state index in [0.717, 1.165) is 0 Å². The van der Waals surface area contributed by atoms with Gasteiger partial charge in [-0.3, -0.25) is 9.13 Å². The molecule has 0 rings (SSSR count). The zero-order valence-electron chi connectivity index (χ0n) is 18.5. The van der Waals surface area contributed by atoms with Crippen molar-refractivity contribution in [3.05, 3.63) is 0 Å².